The zero-order valence-electron chi connectivity index (χ0n) is 18.1. The van der Waals surface area contributed by atoms with Gasteiger partial charge in [-0.2, -0.15) is 0 Å². The first kappa shape index (κ1) is 24.7. The number of fused-ring (bicyclic) bond motifs is 1. The number of carbonyl (C=O) groups excluding carboxylic acids is 1. The molecule has 0 atom stereocenters. The van der Waals surface area contributed by atoms with Crippen LogP contribution in [0, 0.1) is 40.7 Å². The number of aliphatic hydroxyl groups is 1. The Labute approximate surface area is 187 Å². The first-order valence-electron chi connectivity index (χ1n) is 9.34. The van der Waals surface area contributed by atoms with E-state index in [0.29, 0.717) is 0 Å². The molecule has 4 heteroatoms. The van der Waals surface area contributed by atoms with Crippen LogP contribution in [-0.2, 0) is 24.9 Å². The zero-order chi connectivity index (χ0) is 21.0. The average molecular weight is 567 g/mol. The monoisotopic (exact) mass is 567 g/mol. The number of allylic oxidation sites excluding steroid dienone is 2. The van der Waals surface area contributed by atoms with Crippen LogP contribution in [0.15, 0.2) is 42.2 Å². The molecule has 0 saturated carbocycles. The van der Waals surface area contributed by atoms with Crippen LogP contribution in [0.4, 0.5) is 0 Å². The Balaban J connectivity index is 0.000000456. The minimum absolute atomic E-state index is 0. The number of hydrogen-bond donors (Lipinski definition) is 1. The van der Waals surface area contributed by atoms with Crippen LogP contribution in [0.2, 0.25) is 0 Å². The number of aryl methyl sites for hydroxylation is 5. The van der Waals surface area contributed by atoms with Crippen LogP contribution in [-0.4, -0.2) is 15.9 Å². The third kappa shape index (κ3) is 6.92. The number of nitrogens with zero attached hydrogens (tertiary/aromatic N) is 1. The summed E-state index contributed by atoms with van der Waals surface area (Å²) in [4.78, 5) is 14.9. The first-order chi connectivity index (χ1) is 13.1. The standard InChI is InChI=1S/C20H20N.C5H8O2.Ir/c1-12-6-13(2)9-17(8-12)18-11-16(5)20-15(4)7-14(3)10-19(20)21-18;1-4(6)3-5(2)7;/h6-8,10-11H,1-5H3;3,6H,1-2H3;/q-1;;/b;4-3-;. The van der Waals surface area contributed by atoms with Gasteiger partial charge in [-0.1, -0.05) is 26.0 Å². The summed E-state index contributed by atoms with van der Waals surface area (Å²) in [6.45, 7) is 13.5. The SMILES string of the molecule is CC(=O)/C=C(/C)O.Cc1[c-]c(-c2cc(C)c3c(C)cc(C)cc3n2)cc(C)c1.[Ir]. The van der Waals surface area contributed by atoms with E-state index in [1.807, 2.05) is 0 Å². The predicted octanol–water partition coefficient (Wildman–Crippen LogP) is 6.28. The van der Waals surface area contributed by atoms with Crippen LogP contribution in [0.3, 0.4) is 0 Å². The molecule has 155 valence electrons. The molecule has 0 spiro atoms. The molecular weight excluding hydrogens is 538 g/mol. The number of ketones is 1. The molecule has 0 aliphatic carbocycles. The van der Waals surface area contributed by atoms with Gasteiger partial charge in [0, 0.05) is 31.6 Å². The minimum Gasteiger partial charge on any atom is -0.512 e. The molecule has 3 rings (SSSR count). The summed E-state index contributed by atoms with van der Waals surface area (Å²) < 4.78 is 0. The van der Waals surface area contributed by atoms with Crippen molar-refractivity contribution in [3.8, 4) is 11.3 Å². The third-order valence-electron chi connectivity index (χ3n) is 4.28. The fraction of sp³-hybridized carbons (Fsp3) is 0.280. The van der Waals surface area contributed by atoms with Crippen molar-refractivity contribution < 1.29 is 30.0 Å². The quantitative estimate of drug-likeness (QED) is 0.226. The summed E-state index contributed by atoms with van der Waals surface area (Å²) in [7, 11) is 0. The second-order valence-corrected chi connectivity index (χ2v) is 7.45. The Morgan fingerprint density at radius 2 is 1.52 bits per heavy atom. The number of pyridine rings is 1. The third-order valence-corrected chi connectivity index (χ3v) is 4.28. The van der Waals surface area contributed by atoms with Crippen molar-refractivity contribution in [2.45, 2.75) is 48.5 Å². The Morgan fingerprint density at radius 3 is 2.03 bits per heavy atom. The number of rotatable bonds is 2. The molecule has 0 fully saturated rings. The fourth-order valence-corrected chi connectivity index (χ4v) is 3.45. The van der Waals surface area contributed by atoms with Crippen LogP contribution < -0.4 is 0 Å². The Morgan fingerprint density at radius 1 is 0.931 bits per heavy atom. The maximum absolute atomic E-state index is 10.0. The summed E-state index contributed by atoms with van der Waals surface area (Å²) >= 11 is 0. The molecule has 0 unspecified atom stereocenters. The summed E-state index contributed by atoms with van der Waals surface area (Å²) in [6, 6.07) is 14.3. The molecule has 0 aliphatic rings. The van der Waals surface area contributed by atoms with Crippen molar-refractivity contribution in [2.75, 3.05) is 0 Å². The Kier molecular flexibility index (Phi) is 8.94. The van der Waals surface area contributed by atoms with Crippen molar-refractivity contribution in [2.24, 2.45) is 0 Å². The van der Waals surface area contributed by atoms with E-state index >= 15 is 0 Å². The molecule has 1 radical (unpaired) electrons. The molecule has 29 heavy (non-hydrogen) atoms. The maximum Gasteiger partial charge on any atom is 0.155 e. The number of carbonyl (C=O) groups is 1. The van der Waals surface area contributed by atoms with Crippen molar-refractivity contribution in [3.05, 3.63) is 76.1 Å². The smallest absolute Gasteiger partial charge is 0.155 e. The molecule has 3 nitrogen and oxygen atoms in total. The van der Waals surface area contributed by atoms with Gasteiger partial charge in [-0.3, -0.25) is 9.78 Å². The maximum atomic E-state index is 10.0. The van der Waals surface area contributed by atoms with Crippen molar-refractivity contribution in [1.29, 1.82) is 0 Å². The van der Waals surface area contributed by atoms with E-state index in [0.717, 1.165) is 22.3 Å². The van der Waals surface area contributed by atoms with Gasteiger partial charge in [-0.15, -0.1) is 34.9 Å². The van der Waals surface area contributed by atoms with Crippen LogP contribution in [0.1, 0.15) is 41.7 Å². The van der Waals surface area contributed by atoms with E-state index in [-0.39, 0.29) is 31.6 Å². The van der Waals surface area contributed by atoms with Crippen LogP contribution in [0.25, 0.3) is 22.2 Å². The average Bonchev–Trinajstić information content (AvgIpc) is 2.51. The van der Waals surface area contributed by atoms with E-state index < -0.39 is 0 Å². The molecule has 3 aromatic rings. The van der Waals surface area contributed by atoms with Crippen molar-refractivity contribution >= 4 is 16.7 Å². The van der Waals surface area contributed by atoms with E-state index in [1.165, 1.54) is 47.6 Å². The van der Waals surface area contributed by atoms with Gasteiger partial charge in [-0.25, -0.2) is 0 Å². The minimum atomic E-state index is -0.125. The van der Waals surface area contributed by atoms with Gasteiger partial charge in [0.1, 0.15) is 0 Å². The van der Waals surface area contributed by atoms with E-state index in [1.54, 1.807) is 0 Å². The van der Waals surface area contributed by atoms with Gasteiger partial charge in [0.2, 0.25) is 0 Å². The molecule has 0 aliphatic heterocycles. The van der Waals surface area contributed by atoms with Crippen LogP contribution >= 0.6 is 0 Å². The summed E-state index contributed by atoms with van der Waals surface area (Å²) in [5, 5.41) is 9.64. The van der Waals surface area contributed by atoms with Gasteiger partial charge >= 0.3 is 0 Å². The molecule has 1 aromatic heterocycles. The largest absolute Gasteiger partial charge is 0.512 e. The van der Waals surface area contributed by atoms with Gasteiger partial charge in [-0.05, 0) is 63.1 Å². The van der Waals surface area contributed by atoms with Gasteiger partial charge in [0.05, 0.1) is 11.3 Å². The van der Waals surface area contributed by atoms with E-state index in [4.69, 9.17) is 10.1 Å². The molecular formula is C25H28IrNO2-. The molecule has 2 aromatic carbocycles. The Bertz CT molecular complexity index is 1040. The number of benzene rings is 2. The molecule has 0 saturated heterocycles. The van der Waals surface area contributed by atoms with Crippen molar-refractivity contribution in [1.82, 2.24) is 4.98 Å². The second kappa shape index (κ2) is 10.5. The zero-order valence-corrected chi connectivity index (χ0v) is 20.5. The number of hydrogen-bond acceptors (Lipinski definition) is 3. The molecule has 1 N–H and O–H groups in total. The van der Waals surface area contributed by atoms with E-state index in [2.05, 4.69) is 71.0 Å². The number of aliphatic hydroxyl groups excluding tert-OH is 1. The molecule has 1 heterocycles. The summed E-state index contributed by atoms with van der Waals surface area (Å²) in [6.07, 6.45) is 1.17. The van der Waals surface area contributed by atoms with Gasteiger partial charge in [0.15, 0.2) is 5.78 Å². The van der Waals surface area contributed by atoms with Gasteiger partial charge < -0.3 is 5.11 Å². The molecule has 0 amide bonds. The van der Waals surface area contributed by atoms with E-state index in [9.17, 15) is 4.79 Å². The summed E-state index contributed by atoms with van der Waals surface area (Å²) in [5.41, 5.74) is 9.41. The summed E-state index contributed by atoms with van der Waals surface area (Å²) in [5.74, 6) is -0.0625. The topological polar surface area (TPSA) is 50.2 Å². The van der Waals surface area contributed by atoms with Crippen LogP contribution in [0.5, 0.6) is 0 Å². The second-order valence-electron chi connectivity index (χ2n) is 7.45. The van der Waals surface area contributed by atoms with Crippen molar-refractivity contribution in [3.63, 3.8) is 0 Å². The fourth-order valence-electron chi connectivity index (χ4n) is 3.45. The predicted molar refractivity (Wildman–Crippen MR) is 117 cm³/mol. The Hall–Kier alpha value is -2.29. The molecule has 0 bridgehead atoms. The normalized spacial score (nSPS) is 10.8. The number of aromatic nitrogens is 1. The first-order valence-corrected chi connectivity index (χ1v) is 9.34. The van der Waals surface area contributed by atoms with Gasteiger partial charge in [0.25, 0.3) is 0 Å².